The molecule has 0 saturated carbocycles. The number of hydrogen-bond donors (Lipinski definition) is 0. The van der Waals surface area contributed by atoms with Gasteiger partial charge in [-0.3, -0.25) is 4.79 Å². The average Bonchev–Trinajstić information content (AvgIpc) is 3.04. The third kappa shape index (κ3) is 3.22. The van der Waals surface area contributed by atoms with Gasteiger partial charge in [-0.05, 0) is 40.4 Å². The van der Waals surface area contributed by atoms with Crippen LogP contribution in [0.25, 0.3) is 11.2 Å². The van der Waals surface area contributed by atoms with Crippen molar-refractivity contribution in [2.24, 2.45) is 0 Å². The second kappa shape index (κ2) is 6.44. The van der Waals surface area contributed by atoms with Crippen LogP contribution in [-0.4, -0.2) is 38.5 Å². The number of amides is 1. The Morgan fingerprint density at radius 1 is 1.28 bits per heavy atom. The summed E-state index contributed by atoms with van der Waals surface area (Å²) in [4.78, 5) is 18.8. The Hall–Kier alpha value is -2.47. The zero-order valence-electron chi connectivity index (χ0n) is 13.8. The van der Waals surface area contributed by atoms with Crippen LogP contribution in [0.5, 0.6) is 0 Å². The highest BCUT2D eigenvalue weighted by molar-refractivity contribution is 9.10. The number of benzene rings is 1. The van der Waals surface area contributed by atoms with Crippen LogP contribution >= 0.6 is 15.9 Å². The molecule has 5 nitrogen and oxygen atoms in total. The molecule has 0 radical (unpaired) electrons. The molecule has 0 fully saturated rings. The first kappa shape index (κ1) is 16.0. The number of rotatable bonds is 2. The molecule has 0 unspecified atom stereocenters. The Morgan fingerprint density at radius 2 is 2.16 bits per heavy atom. The molecule has 0 N–H and O–H groups in total. The van der Waals surface area contributed by atoms with Gasteiger partial charge in [0.15, 0.2) is 11.3 Å². The van der Waals surface area contributed by atoms with Gasteiger partial charge in [0.2, 0.25) is 0 Å². The van der Waals surface area contributed by atoms with Crippen LogP contribution in [0.15, 0.2) is 53.3 Å². The molecule has 0 spiro atoms. The van der Waals surface area contributed by atoms with Crippen molar-refractivity contribution in [3.05, 3.63) is 70.1 Å². The maximum Gasteiger partial charge on any atom is 0.274 e. The van der Waals surface area contributed by atoms with Crippen LogP contribution in [0.3, 0.4) is 0 Å². The summed E-state index contributed by atoms with van der Waals surface area (Å²) in [5.41, 5.74) is 4.89. The van der Waals surface area contributed by atoms with Crippen LogP contribution in [0.2, 0.25) is 0 Å². The third-order valence-electron chi connectivity index (χ3n) is 4.39. The number of halogens is 1. The molecule has 3 heterocycles. The molecule has 4 rings (SSSR count). The standard InChI is InChI=1S/C19H17BrN4O/c1-13-3-2-4-15(9-13)14-5-7-23(8-6-14)19(25)17-10-18-21-11-16(20)12-24(18)22-17/h2-5,9-12H,6-8H2,1H3. The van der Waals surface area contributed by atoms with E-state index in [2.05, 4.69) is 63.3 Å². The highest BCUT2D eigenvalue weighted by Gasteiger charge is 2.22. The minimum absolute atomic E-state index is 0.0545. The van der Waals surface area contributed by atoms with Crippen LogP contribution < -0.4 is 0 Å². The lowest BCUT2D eigenvalue weighted by atomic mass is 9.98. The van der Waals surface area contributed by atoms with Crippen molar-refractivity contribution in [1.82, 2.24) is 19.5 Å². The Morgan fingerprint density at radius 3 is 2.92 bits per heavy atom. The van der Waals surface area contributed by atoms with Gasteiger partial charge in [0.1, 0.15) is 0 Å². The maximum absolute atomic E-state index is 12.7. The smallest absolute Gasteiger partial charge is 0.274 e. The fourth-order valence-corrected chi connectivity index (χ4v) is 3.38. The predicted octanol–water partition coefficient (Wildman–Crippen LogP) is 3.73. The number of carbonyl (C=O) groups excluding carboxylic acids is 1. The van der Waals surface area contributed by atoms with Gasteiger partial charge >= 0.3 is 0 Å². The summed E-state index contributed by atoms with van der Waals surface area (Å²) in [5.74, 6) is -0.0545. The van der Waals surface area contributed by atoms with E-state index in [1.54, 1.807) is 23.0 Å². The summed E-state index contributed by atoms with van der Waals surface area (Å²) in [6, 6.07) is 10.2. The normalized spacial score (nSPS) is 14.6. The summed E-state index contributed by atoms with van der Waals surface area (Å²) in [6.07, 6.45) is 6.49. The monoisotopic (exact) mass is 396 g/mol. The molecule has 0 bridgehead atoms. The predicted molar refractivity (Wildman–Crippen MR) is 100 cm³/mol. The number of fused-ring (bicyclic) bond motifs is 1. The fourth-order valence-electron chi connectivity index (χ4n) is 3.08. The summed E-state index contributed by atoms with van der Waals surface area (Å²) in [5, 5.41) is 4.35. The summed E-state index contributed by atoms with van der Waals surface area (Å²) >= 11 is 3.36. The van der Waals surface area contributed by atoms with E-state index in [4.69, 9.17) is 0 Å². The van der Waals surface area contributed by atoms with Crippen molar-refractivity contribution >= 4 is 33.1 Å². The highest BCUT2D eigenvalue weighted by Crippen LogP contribution is 2.24. The Labute approximate surface area is 154 Å². The fraction of sp³-hybridized carbons (Fsp3) is 0.211. The zero-order chi connectivity index (χ0) is 17.4. The number of hydrogen-bond acceptors (Lipinski definition) is 3. The van der Waals surface area contributed by atoms with Crippen molar-refractivity contribution in [2.75, 3.05) is 13.1 Å². The first-order valence-electron chi connectivity index (χ1n) is 8.16. The summed E-state index contributed by atoms with van der Waals surface area (Å²) in [7, 11) is 0. The van der Waals surface area contributed by atoms with E-state index in [1.165, 1.54) is 16.7 Å². The molecule has 1 aliphatic rings. The first-order valence-corrected chi connectivity index (χ1v) is 8.96. The van der Waals surface area contributed by atoms with E-state index in [0.717, 1.165) is 10.9 Å². The molecular formula is C19H17BrN4O. The number of nitrogens with zero attached hydrogens (tertiary/aromatic N) is 4. The van der Waals surface area contributed by atoms with Gasteiger partial charge in [0.05, 0.1) is 4.47 Å². The van der Waals surface area contributed by atoms with Crippen LogP contribution in [0.1, 0.15) is 28.0 Å². The average molecular weight is 397 g/mol. The van der Waals surface area contributed by atoms with E-state index in [9.17, 15) is 4.79 Å². The third-order valence-corrected chi connectivity index (χ3v) is 4.80. The minimum Gasteiger partial charge on any atom is -0.333 e. The van der Waals surface area contributed by atoms with E-state index in [0.29, 0.717) is 24.4 Å². The van der Waals surface area contributed by atoms with Gasteiger partial charge in [0.25, 0.3) is 5.91 Å². The number of aromatic nitrogens is 3. The van der Waals surface area contributed by atoms with Gasteiger partial charge in [-0.1, -0.05) is 35.9 Å². The molecule has 126 valence electrons. The molecule has 0 aliphatic carbocycles. The molecule has 2 aromatic heterocycles. The van der Waals surface area contributed by atoms with Crippen molar-refractivity contribution in [3.8, 4) is 0 Å². The molecule has 25 heavy (non-hydrogen) atoms. The zero-order valence-corrected chi connectivity index (χ0v) is 15.4. The summed E-state index contributed by atoms with van der Waals surface area (Å²) in [6.45, 7) is 3.40. The van der Waals surface area contributed by atoms with Crippen molar-refractivity contribution in [2.45, 2.75) is 13.3 Å². The molecule has 3 aromatic rings. The van der Waals surface area contributed by atoms with Gasteiger partial charge in [0, 0.05) is 31.5 Å². The van der Waals surface area contributed by atoms with E-state index in [1.807, 2.05) is 4.90 Å². The van der Waals surface area contributed by atoms with Crippen molar-refractivity contribution in [1.29, 1.82) is 0 Å². The quantitative estimate of drug-likeness (QED) is 0.662. The molecular weight excluding hydrogens is 380 g/mol. The Balaban J connectivity index is 1.53. The lowest BCUT2D eigenvalue weighted by Gasteiger charge is -2.26. The van der Waals surface area contributed by atoms with Crippen molar-refractivity contribution in [3.63, 3.8) is 0 Å². The van der Waals surface area contributed by atoms with Gasteiger partial charge in [-0.2, -0.15) is 5.10 Å². The topological polar surface area (TPSA) is 50.5 Å². The maximum atomic E-state index is 12.7. The largest absolute Gasteiger partial charge is 0.333 e. The highest BCUT2D eigenvalue weighted by atomic mass is 79.9. The second-order valence-electron chi connectivity index (χ2n) is 6.20. The van der Waals surface area contributed by atoms with Gasteiger partial charge < -0.3 is 4.90 Å². The lowest BCUT2D eigenvalue weighted by Crippen LogP contribution is -2.34. The summed E-state index contributed by atoms with van der Waals surface area (Å²) < 4.78 is 2.45. The van der Waals surface area contributed by atoms with Gasteiger partial charge in [-0.25, -0.2) is 9.50 Å². The molecule has 1 aliphatic heterocycles. The van der Waals surface area contributed by atoms with Crippen LogP contribution in [0.4, 0.5) is 0 Å². The molecule has 1 aromatic carbocycles. The molecule has 6 heteroatoms. The number of carbonyl (C=O) groups is 1. The Kier molecular flexibility index (Phi) is 4.13. The second-order valence-corrected chi connectivity index (χ2v) is 7.12. The van der Waals surface area contributed by atoms with E-state index >= 15 is 0 Å². The number of aryl methyl sites for hydroxylation is 1. The van der Waals surface area contributed by atoms with Crippen molar-refractivity contribution < 1.29 is 4.79 Å². The van der Waals surface area contributed by atoms with Crippen LogP contribution in [-0.2, 0) is 0 Å². The first-order chi connectivity index (χ1) is 12.1. The van der Waals surface area contributed by atoms with Gasteiger partial charge in [-0.15, -0.1) is 0 Å². The molecule has 1 amide bonds. The Bertz CT molecular complexity index is 992. The van der Waals surface area contributed by atoms with E-state index < -0.39 is 0 Å². The van der Waals surface area contributed by atoms with E-state index in [-0.39, 0.29) is 5.91 Å². The SMILES string of the molecule is Cc1cccc(C2=CCN(C(=O)c3cc4ncc(Br)cn4n3)CC2)c1. The lowest BCUT2D eigenvalue weighted by molar-refractivity contribution is 0.0766. The minimum atomic E-state index is -0.0545. The molecule has 0 atom stereocenters. The molecule has 0 saturated heterocycles. The van der Waals surface area contributed by atoms with Crippen LogP contribution in [0, 0.1) is 6.92 Å².